The maximum absolute atomic E-state index is 12.3. The second-order valence-corrected chi connectivity index (χ2v) is 7.29. The van der Waals surface area contributed by atoms with E-state index in [-0.39, 0.29) is 6.09 Å². The van der Waals surface area contributed by atoms with Gasteiger partial charge in [0.2, 0.25) is 0 Å². The zero-order valence-electron chi connectivity index (χ0n) is 13.6. The maximum atomic E-state index is 12.3. The number of carbonyl (C=O) groups excluding carboxylic acids is 1. The molecular weight excluding hydrogens is 337 g/mol. The van der Waals surface area contributed by atoms with E-state index >= 15 is 0 Å². The first kappa shape index (κ1) is 18.1. The fourth-order valence-electron chi connectivity index (χ4n) is 2.40. The van der Waals surface area contributed by atoms with Gasteiger partial charge in [-0.3, -0.25) is 0 Å². The Kier molecular flexibility index (Phi) is 5.29. The summed E-state index contributed by atoms with van der Waals surface area (Å²) in [6.45, 7) is 10.5. The van der Waals surface area contributed by atoms with E-state index in [4.69, 9.17) is 32.7 Å². The molecule has 1 atom stereocenters. The molecule has 0 unspecified atom stereocenters. The molecule has 1 aromatic rings. The molecule has 23 heavy (non-hydrogen) atoms. The Morgan fingerprint density at radius 2 is 2.09 bits per heavy atom. The van der Waals surface area contributed by atoms with Crippen molar-refractivity contribution in [3.8, 4) is 0 Å². The van der Waals surface area contributed by atoms with E-state index in [0.29, 0.717) is 29.7 Å². The molecule has 1 aliphatic rings. The van der Waals surface area contributed by atoms with Crippen LogP contribution < -0.4 is 0 Å². The van der Waals surface area contributed by atoms with Crippen LogP contribution in [0.5, 0.6) is 0 Å². The first-order valence-electron chi connectivity index (χ1n) is 7.38. The minimum absolute atomic E-state index is 0.309. The van der Waals surface area contributed by atoms with E-state index in [9.17, 15) is 4.79 Å². The molecule has 6 heteroatoms. The quantitative estimate of drug-likeness (QED) is 0.723. The van der Waals surface area contributed by atoms with Crippen LogP contribution in [-0.4, -0.2) is 36.3 Å². The Hall–Kier alpha value is -1.23. The highest BCUT2D eigenvalue weighted by Crippen LogP contribution is 2.35. The first-order chi connectivity index (χ1) is 10.7. The van der Waals surface area contributed by atoms with Gasteiger partial charge < -0.3 is 14.4 Å². The number of halogens is 2. The van der Waals surface area contributed by atoms with Crippen LogP contribution >= 0.6 is 23.2 Å². The first-order valence-corrected chi connectivity index (χ1v) is 8.13. The molecule has 4 nitrogen and oxygen atoms in total. The van der Waals surface area contributed by atoms with Gasteiger partial charge >= 0.3 is 6.09 Å². The third-order valence-corrected chi connectivity index (χ3v) is 4.28. The molecule has 2 rings (SSSR count). The van der Waals surface area contributed by atoms with Crippen molar-refractivity contribution >= 4 is 29.3 Å². The molecule has 1 heterocycles. The van der Waals surface area contributed by atoms with Gasteiger partial charge in [0.05, 0.1) is 23.2 Å². The second kappa shape index (κ2) is 6.71. The van der Waals surface area contributed by atoms with E-state index in [1.54, 1.807) is 23.1 Å². The minimum atomic E-state index is -0.830. The standard InChI is InChI=1S/C17H21Cl2NO3/c1-5-17(12-6-7-13(18)14(19)10-12)11-20(8-9-22-17)15(21)23-16(2,3)4/h5-7,10H,1,8-9,11H2,2-4H3/t17-/m0/s1. The summed E-state index contributed by atoms with van der Waals surface area (Å²) >= 11 is 12.1. The Morgan fingerprint density at radius 3 is 2.65 bits per heavy atom. The topological polar surface area (TPSA) is 38.8 Å². The number of hydrogen-bond acceptors (Lipinski definition) is 3. The van der Waals surface area contributed by atoms with Crippen molar-refractivity contribution in [2.75, 3.05) is 19.7 Å². The number of rotatable bonds is 2. The Bertz CT molecular complexity index is 612. The highest BCUT2D eigenvalue weighted by atomic mass is 35.5. The molecular formula is C17H21Cl2NO3. The minimum Gasteiger partial charge on any atom is -0.444 e. The summed E-state index contributed by atoms with van der Waals surface area (Å²) < 4.78 is 11.4. The summed E-state index contributed by atoms with van der Waals surface area (Å²) in [5, 5.41) is 0.901. The lowest BCUT2D eigenvalue weighted by Gasteiger charge is -2.41. The number of amides is 1. The average Bonchev–Trinajstić information content (AvgIpc) is 2.48. The van der Waals surface area contributed by atoms with Gasteiger partial charge in [-0.2, -0.15) is 0 Å². The van der Waals surface area contributed by atoms with Crippen LogP contribution in [0.25, 0.3) is 0 Å². The Labute approximate surface area is 147 Å². The predicted molar refractivity (Wildman–Crippen MR) is 92.1 cm³/mol. The van der Waals surface area contributed by atoms with Crippen LogP contribution in [0.3, 0.4) is 0 Å². The Morgan fingerprint density at radius 1 is 1.39 bits per heavy atom. The second-order valence-electron chi connectivity index (χ2n) is 6.47. The van der Waals surface area contributed by atoms with Crippen LogP contribution in [0.4, 0.5) is 4.79 Å². The highest BCUT2D eigenvalue weighted by Gasteiger charge is 2.39. The SMILES string of the molecule is C=C[C@@]1(c2ccc(Cl)c(Cl)c2)CN(C(=O)OC(C)(C)C)CCO1. The third kappa shape index (κ3) is 4.19. The van der Waals surface area contributed by atoms with Crippen LogP contribution in [0, 0.1) is 0 Å². The number of hydrogen-bond donors (Lipinski definition) is 0. The van der Waals surface area contributed by atoms with Crippen molar-refractivity contribution in [2.45, 2.75) is 32.0 Å². The van der Waals surface area contributed by atoms with E-state index in [0.717, 1.165) is 5.56 Å². The lowest BCUT2D eigenvalue weighted by atomic mass is 9.92. The van der Waals surface area contributed by atoms with Crippen molar-refractivity contribution in [1.82, 2.24) is 4.90 Å². The van der Waals surface area contributed by atoms with Gasteiger partial charge in [0.15, 0.2) is 0 Å². The molecule has 0 aromatic heterocycles. The third-order valence-electron chi connectivity index (χ3n) is 3.54. The zero-order valence-corrected chi connectivity index (χ0v) is 15.1. The molecule has 0 N–H and O–H groups in total. The smallest absolute Gasteiger partial charge is 0.410 e. The van der Waals surface area contributed by atoms with Crippen LogP contribution in [0.15, 0.2) is 30.9 Å². The van der Waals surface area contributed by atoms with Crippen molar-refractivity contribution in [1.29, 1.82) is 0 Å². The van der Waals surface area contributed by atoms with Gasteiger partial charge in [0.25, 0.3) is 0 Å². The number of morpholine rings is 1. The largest absolute Gasteiger partial charge is 0.444 e. The van der Waals surface area contributed by atoms with Gasteiger partial charge in [-0.1, -0.05) is 41.9 Å². The zero-order chi connectivity index (χ0) is 17.3. The molecule has 1 amide bonds. The van der Waals surface area contributed by atoms with E-state index in [2.05, 4.69) is 6.58 Å². The van der Waals surface area contributed by atoms with E-state index in [1.807, 2.05) is 26.8 Å². The number of nitrogens with zero attached hydrogens (tertiary/aromatic N) is 1. The van der Waals surface area contributed by atoms with Crippen LogP contribution in [0.2, 0.25) is 10.0 Å². The monoisotopic (exact) mass is 357 g/mol. The normalized spacial score (nSPS) is 21.9. The van der Waals surface area contributed by atoms with E-state index in [1.165, 1.54) is 0 Å². The summed E-state index contributed by atoms with van der Waals surface area (Å²) in [7, 11) is 0. The molecule has 1 aliphatic heterocycles. The number of carbonyl (C=O) groups is 1. The fourth-order valence-corrected chi connectivity index (χ4v) is 2.70. The van der Waals surface area contributed by atoms with Gasteiger partial charge in [0, 0.05) is 6.54 Å². The average molecular weight is 358 g/mol. The Balaban J connectivity index is 2.26. The molecule has 0 aliphatic carbocycles. The molecule has 0 saturated carbocycles. The molecule has 0 spiro atoms. The van der Waals surface area contributed by atoms with Gasteiger partial charge in [-0.15, -0.1) is 0 Å². The summed E-state index contributed by atoms with van der Waals surface area (Å²) in [6.07, 6.45) is 1.32. The van der Waals surface area contributed by atoms with Gasteiger partial charge in [-0.25, -0.2) is 4.79 Å². The molecule has 126 valence electrons. The van der Waals surface area contributed by atoms with E-state index < -0.39 is 11.2 Å². The lowest BCUT2D eigenvalue weighted by Crippen LogP contribution is -2.52. The molecule has 0 bridgehead atoms. The van der Waals surface area contributed by atoms with Crippen molar-refractivity contribution < 1.29 is 14.3 Å². The molecule has 1 aromatic carbocycles. The van der Waals surface area contributed by atoms with Crippen molar-refractivity contribution in [3.63, 3.8) is 0 Å². The lowest BCUT2D eigenvalue weighted by molar-refractivity contribution is -0.0853. The summed E-state index contributed by atoms with van der Waals surface area (Å²) in [5.74, 6) is 0. The van der Waals surface area contributed by atoms with Crippen LogP contribution in [0.1, 0.15) is 26.3 Å². The summed E-state index contributed by atoms with van der Waals surface area (Å²) in [5.41, 5.74) is -0.575. The number of ether oxygens (including phenoxy) is 2. The summed E-state index contributed by atoms with van der Waals surface area (Å²) in [6, 6.07) is 5.28. The van der Waals surface area contributed by atoms with Crippen molar-refractivity contribution in [2.24, 2.45) is 0 Å². The number of benzene rings is 1. The van der Waals surface area contributed by atoms with Gasteiger partial charge in [-0.05, 0) is 38.5 Å². The van der Waals surface area contributed by atoms with Crippen molar-refractivity contribution in [3.05, 3.63) is 46.5 Å². The van der Waals surface area contributed by atoms with Gasteiger partial charge in [0.1, 0.15) is 11.2 Å². The maximum Gasteiger partial charge on any atom is 0.410 e. The molecule has 1 fully saturated rings. The molecule has 0 radical (unpaired) electrons. The van der Waals surface area contributed by atoms with Crippen LogP contribution in [-0.2, 0) is 15.1 Å². The fraction of sp³-hybridized carbons (Fsp3) is 0.471. The molecule has 1 saturated heterocycles. The predicted octanol–water partition coefficient (Wildman–Crippen LogP) is 4.64. The highest BCUT2D eigenvalue weighted by molar-refractivity contribution is 6.42. The summed E-state index contributed by atoms with van der Waals surface area (Å²) in [4.78, 5) is 14.0.